The summed E-state index contributed by atoms with van der Waals surface area (Å²) in [6, 6.07) is 24.0. The van der Waals surface area contributed by atoms with Gasteiger partial charge in [0.15, 0.2) is 5.78 Å². The monoisotopic (exact) mass is 496 g/mol. The molecule has 7 heteroatoms. The molecule has 5 rings (SSSR count). The number of anilines is 2. The molecule has 1 amide bonds. The number of carboxylic acid groups (broad SMARTS) is 1. The van der Waals surface area contributed by atoms with Crippen molar-refractivity contribution in [2.75, 3.05) is 17.3 Å². The van der Waals surface area contributed by atoms with E-state index in [0.29, 0.717) is 35.5 Å². The summed E-state index contributed by atoms with van der Waals surface area (Å²) in [6.07, 6.45) is 0.462. The van der Waals surface area contributed by atoms with Gasteiger partial charge >= 0.3 is 5.97 Å². The van der Waals surface area contributed by atoms with Crippen molar-refractivity contribution in [2.24, 2.45) is 0 Å². The molecule has 3 aromatic rings. The van der Waals surface area contributed by atoms with Gasteiger partial charge < -0.3 is 15.2 Å². The minimum atomic E-state index is -1.05. The third kappa shape index (κ3) is 4.85. The fraction of sp³-hybridized carbons (Fsp3) is 0.233. The molecule has 37 heavy (non-hydrogen) atoms. The molecule has 3 aromatic carbocycles. The predicted octanol–water partition coefficient (Wildman–Crippen LogP) is 5.46. The molecule has 0 aromatic heterocycles. The zero-order chi connectivity index (χ0) is 25.9. The van der Waals surface area contributed by atoms with Gasteiger partial charge in [-0.25, -0.2) is 0 Å². The van der Waals surface area contributed by atoms with E-state index < -0.39 is 12.0 Å². The largest absolute Gasteiger partial charge is 0.497 e. The number of methoxy groups -OCH3 is 1. The van der Waals surface area contributed by atoms with E-state index >= 15 is 0 Å². The number of carbonyl (C=O) groups excluding carboxylic acids is 2. The second-order valence-electron chi connectivity index (χ2n) is 9.31. The summed E-state index contributed by atoms with van der Waals surface area (Å²) >= 11 is 0. The van der Waals surface area contributed by atoms with Crippen LogP contribution in [0.3, 0.4) is 0 Å². The highest BCUT2D eigenvalue weighted by Crippen LogP contribution is 2.47. The first-order chi connectivity index (χ1) is 18.0. The van der Waals surface area contributed by atoms with Crippen LogP contribution >= 0.6 is 0 Å². The fourth-order valence-corrected chi connectivity index (χ4v) is 5.26. The van der Waals surface area contributed by atoms with Crippen molar-refractivity contribution < 1.29 is 24.2 Å². The Hall–Kier alpha value is -4.39. The Morgan fingerprint density at radius 1 is 0.919 bits per heavy atom. The Labute approximate surface area is 215 Å². The van der Waals surface area contributed by atoms with Crippen LogP contribution < -0.4 is 15.0 Å². The number of carbonyl (C=O) groups is 3. The van der Waals surface area contributed by atoms with E-state index in [9.17, 15) is 19.5 Å². The number of para-hydroxylation sites is 2. The molecule has 0 fully saturated rings. The van der Waals surface area contributed by atoms with Gasteiger partial charge in [0, 0.05) is 24.1 Å². The molecule has 0 bridgehead atoms. The number of nitrogens with one attached hydrogen (secondary N) is 1. The lowest BCUT2D eigenvalue weighted by Gasteiger charge is -2.35. The van der Waals surface area contributed by atoms with E-state index in [-0.39, 0.29) is 30.4 Å². The molecule has 0 unspecified atom stereocenters. The fourth-order valence-electron chi connectivity index (χ4n) is 5.26. The molecule has 1 aliphatic carbocycles. The van der Waals surface area contributed by atoms with Crippen molar-refractivity contribution in [3.63, 3.8) is 0 Å². The summed E-state index contributed by atoms with van der Waals surface area (Å²) < 4.78 is 5.33. The van der Waals surface area contributed by atoms with E-state index in [1.54, 1.807) is 24.1 Å². The molecule has 1 aliphatic heterocycles. The summed E-state index contributed by atoms with van der Waals surface area (Å²) in [7, 11) is 1.58. The predicted molar refractivity (Wildman–Crippen MR) is 141 cm³/mol. The Morgan fingerprint density at radius 2 is 1.62 bits per heavy atom. The summed E-state index contributed by atoms with van der Waals surface area (Å²) in [6.45, 7) is 0. The molecule has 0 saturated heterocycles. The van der Waals surface area contributed by atoms with E-state index in [0.717, 1.165) is 16.8 Å². The molecule has 2 atom stereocenters. The number of allylic oxidation sites excluding steroid dienone is 1. The van der Waals surface area contributed by atoms with Gasteiger partial charge in [-0.2, -0.15) is 0 Å². The number of hydrogen-bond acceptors (Lipinski definition) is 5. The maximum absolute atomic E-state index is 13.9. The molecule has 0 radical (unpaired) electrons. The average molecular weight is 497 g/mol. The van der Waals surface area contributed by atoms with E-state index in [4.69, 9.17) is 4.74 Å². The van der Waals surface area contributed by atoms with Crippen LogP contribution in [0.1, 0.15) is 48.8 Å². The minimum Gasteiger partial charge on any atom is -0.497 e. The highest BCUT2D eigenvalue weighted by Gasteiger charge is 2.41. The summed E-state index contributed by atoms with van der Waals surface area (Å²) in [5.74, 6) is -0.766. The Bertz CT molecular complexity index is 1360. The molecule has 1 heterocycles. The van der Waals surface area contributed by atoms with Gasteiger partial charge in [0.2, 0.25) is 5.91 Å². The molecular formula is C30H28N2O5. The van der Waals surface area contributed by atoms with Crippen LogP contribution in [-0.4, -0.2) is 29.9 Å². The standard InChI is InChI=1S/C30H28N2O5/c1-37-22-13-11-20(12-14-22)30-29-24(17-21(18-26(29)33)19-7-3-2-4-8-19)31-23-9-5-6-10-25(23)32(30)27(34)15-16-28(35)36/h2-14,21,30-31H,15-18H2,1H3,(H,35,36)/t21-,30+/m1/s1. The molecule has 7 nitrogen and oxygen atoms in total. The third-order valence-electron chi connectivity index (χ3n) is 7.01. The molecule has 2 N–H and O–H groups in total. The van der Waals surface area contributed by atoms with Gasteiger partial charge in [-0.15, -0.1) is 0 Å². The highest BCUT2D eigenvalue weighted by atomic mass is 16.5. The Kier molecular flexibility index (Phi) is 6.77. The summed E-state index contributed by atoms with van der Waals surface area (Å²) in [5.41, 5.74) is 4.48. The summed E-state index contributed by atoms with van der Waals surface area (Å²) in [4.78, 5) is 40.5. The molecule has 0 saturated carbocycles. The number of carboxylic acids is 1. The number of nitrogens with zero attached hydrogens (tertiary/aromatic N) is 1. The van der Waals surface area contributed by atoms with Crippen molar-refractivity contribution in [3.8, 4) is 5.75 Å². The number of rotatable bonds is 6. The van der Waals surface area contributed by atoms with Crippen molar-refractivity contribution in [3.05, 3.63) is 101 Å². The first-order valence-corrected chi connectivity index (χ1v) is 12.3. The minimum absolute atomic E-state index is 0.0119. The van der Waals surface area contributed by atoms with Gasteiger partial charge in [0.25, 0.3) is 0 Å². The average Bonchev–Trinajstić information content (AvgIpc) is 3.07. The number of fused-ring (bicyclic) bond motifs is 1. The van der Waals surface area contributed by atoms with Crippen molar-refractivity contribution in [1.29, 1.82) is 0 Å². The first kappa shape index (κ1) is 24.3. The van der Waals surface area contributed by atoms with Crippen LogP contribution in [0.4, 0.5) is 11.4 Å². The number of Topliss-reactive ketones (excluding diaryl/α,β-unsaturated/α-hetero) is 1. The number of hydrogen-bond donors (Lipinski definition) is 2. The number of amides is 1. The summed E-state index contributed by atoms with van der Waals surface area (Å²) in [5, 5.41) is 12.7. The maximum atomic E-state index is 13.9. The normalized spacial score (nSPS) is 18.8. The van der Waals surface area contributed by atoms with E-state index in [1.165, 1.54) is 0 Å². The second-order valence-corrected chi connectivity index (χ2v) is 9.31. The number of ether oxygens (including phenoxy) is 1. The van der Waals surface area contributed by atoms with Crippen molar-refractivity contribution >= 4 is 29.0 Å². The number of ketones is 1. The molecular weight excluding hydrogens is 468 g/mol. The molecule has 188 valence electrons. The van der Waals surface area contributed by atoms with E-state index in [1.807, 2.05) is 66.7 Å². The maximum Gasteiger partial charge on any atom is 0.303 e. The van der Waals surface area contributed by atoms with Crippen LogP contribution in [-0.2, 0) is 14.4 Å². The molecule has 0 spiro atoms. The zero-order valence-corrected chi connectivity index (χ0v) is 20.5. The Balaban J connectivity index is 1.68. The SMILES string of the molecule is COc1ccc([C@H]2C3=C(C[C@@H](c4ccccc4)CC3=O)Nc3ccccc3N2C(=O)CCC(=O)O)cc1. The third-order valence-corrected chi connectivity index (χ3v) is 7.01. The van der Waals surface area contributed by atoms with Crippen molar-refractivity contribution in [1.82, 2.24) is 0 Å². The van der Waals surface area contributed by atoms with Crippen LogP contribution in [0.5, 0.6) is 5.75 Å². The number of aliphatic carboxylic acids is 1. The molecule has 2 aliphatic rings. The topological polar surface area (TPSA) is 95.9 Å². The second kappa shape index (κ2) is 10.3. The van der Waals surface area contributed by atoms with Crippen LogP contribution in [0.25, 0.3) is 0 Å². The lowest BCUT2D eigenvalue weighted by molar-refractivity contribution is -0.138. The van der Waals surface area contributed by atoms with Gasteiger partial charge in [-0.1, -0.05) is 54.6 Å². The highest BCUT2D eigenvalue weighted by molar-refractivity contribution is 6.06. The van der Waals surface area contributed by atoms with Crippen LogP contribution in [0.2, 0.25) is 0 Å². The van der Waals surface area contributed by atoms with Gasteiger partial charge in [-0.3, -0.25) is 19.3 Å². The zero-order valence-electron chi connectivity index (χ0n) is 20.5. The lowest BCUT2D eigenvalue weighted by Crippen LogP contribution is -2.38. The van der Waals surface area contributed by atoms with Gasteiger partial charge in [-0.05, 0) is 47.7 Å². The van der Waals surface area contributed by atoms with Crippen LogP contribution in [0, 0.1) is 0 Å². The Morgan fingerprint density at radius 3 is 2.32 bits per heavy atom. The van der Waals surface area contributed by atoms with Gasteiger partial charge in [0.05, 0.1) is 30.9 Å². The number of benzene rings is 3. The first-order valence-electron chi connectivity index (χ1n) is 12.3. The van der Waals surface area contributed by atoms with Crippen molar-refractivity contribution in [2.45, 2.75) is 37.6 Å². The van der Waals surface area contributed by atoms with Crippen LogP contribution in [0.15, 0.2) is 90.1 Å². The quantitative estimate of drug-likeness (QED) is 0.471. The lowest BCUT2D eigenvalue weighted by atomic mass is 9.78. The van der Waals surface area contributed by atoms with E-state index in [2.05, 4.69) is 5.32 Å². The smallest absolute Gasteiger partial charge is 0.303 e. The van der Waals surface area contributed by atoms with Gasteiger partial charge in [0.1, 0.15) is 5.75 Å².